The Morgan fingerprint density at radius 2 is 1.53 bits per heavy atom. The zero-order valence-electron chi connectivity index (χ0n) is 45.9. The van der Waals surface area contributed by atoms with Crippen LogP contribution in [0, 0.1) is 43.4 Å². The van der Waals surface area contributed by atoms with Gasteiger partial charge in [-0.15, -0.1) is 0 Å². The number of ether oxygens (including phenoxy) is 4. The molecule has 2 amide bonds. The van der Waals surface area contributed by atoms with E-state index in [1.165, 1.54) is 14.2 Å². The molecule has 16 heteroatoms. The van der Waals surface area contributed by atoms with Gasteiger partial charge < -0.3 is 44.7 Å². The third-order valence-corrected chi connectivity index (χ3v) is 16.7. The van der Waals surface area contributed by atoms with Crippen molar-refractivity contribution in [2.45, 2.75) is 136 Å². The number of esters is 2. The fourth-order valence-electron chi connectivity index (χ4n) is 12.0. The van der Waals surface area contributed by atoms with Crippen LogP contribution in [0.15, 0.2) is 49.1 Å². The standard InChI is InChI=1S/C60H76N6O10/c1-12-36-33(2)45-28-50-43-22-19-41(55(69)70)54(56(71)74-11)60(43,9)51(65-50)30-46-35(4)38(21-24-53(68)73-10)49(64-46)29-48-37(34(3)44(63-48)27-47(36)62-45)20-23-52(67)66-58(5,6)25-26-76-59(7,8)32-61-57(72)75-31-42-39-17-15-13-14-16-18-40(39)42/h12-14,22,27-30,39-42,54,62,64H,1,15-21,23-26,31-32H2,2-11H3,(H,61,72)(H,66,67)(H,69,70)/b14-13-,44-27?,45-28?,46-30?,47-27?,48-29?,49-29?,50-28?,51-30?. The van der Waals surface area contributed by atoms with E-state index in [2.05, 4.69) is 39.3 Å². The van der Waals surface area contributed by atoms with Gasteiger partial charge >= 0.3 is 24.0 Å². The molecule has 0 spiro atoms. The second-order valence-corrected chi connectivity index (χ2v) is 22.6. The number of alkyl carbamates (subject to hydrolysis) is 1. The average Bonchev–Trinajstić information content (AvgIpc) is 3.62. The first-order valence-corrected chi connectivity index (χ1v) is 26.8. The number of carbonyl (C=O) groups excluding carboxylic acids is 4. The van der Waals surface area contributed by atoms with Crippen LogP contribution in [-0.2, 0) is 50.0 Å². The Balaban J connectivity index is 1.06. The summed E-state index contributed by atoms with van der Waals surface area (Å²) < 4.78 is 22.3. The van der Waals surface area contributed by atoms with Crippen LogP contribution in [0.3, 0.4) is 0 Å². The number of carboxylic acids is 1. The number of rotatable bonds is 18. The number of aryl methyl sites for hydroxylation is 3. The smallest absolute Gasteiger partial charge is 0.407 e. The zero-order chi connectivity index (χ0) is 54.9. The number of fused-ring (bicyclic) bond motifs is 12. The monoisotopic (exact) mass is 1040 g/mol. The molecule has 5 aliphatic rings. The van der Waals surface area contributed by atoms with Crippen LogP contribution in [0.5, 0.6) is 0 Å². The molecule has 0 aromatic carbocycles. The predicted molar refractivity (Wildman–Crippen MR) is 294 cm³/mol. The summed E-state index contributed by atoms with van der Waals surface area (Å²) in [6.45, 7) is 20.8. The van der Waals surface area contributed by atoms with E-state index in [1.54, 1.807) is 6.08 Å². The molecule has 5 heterocycles. The maximum atomic E-state index is 13.9. The molecular formula is C60H76N6O10. The minimum absolute atomic E-state index is 0.0973. The quantitative estimate of drug-likeness (QED) is 0.0456. The van der Waals surface area contributed by atoms with Crippen molar-refractivity contribution in [3.63, 3.8) is 0 Å². The van der Waals surface area contributed by atoms with Gasteiger partial charge in [-0.25, -0.2) is 9.78 Å². The van der Waals surface area contributed by atoms with Crippen molar-refractivity contribution in [1.82, 2.24) is 30.6 Å². The molecule has 406 valence electrons. The minimum Gasteiger partial charge on any atom is -0.481 e. The number of hydrogen-bond acceptors (Lipinski definition) is 11. The highest BCUT2D eigenvalue weighted by atomic mass is 16.6. The molecule has 3 aliphatic carbocycles. The number of carbonyl (C=O) groups is 5. The molecule has 76 heavy (non-hydrogen) atoms. The topological polar surface area (TPSA) is 224 Å². The Kier molecular flexibility index (Phi) is 16.3. The second kappa shape index (κ2) is 22.4. The number of hydrogen-bond donors (Lipinski definition) is 5. The molecule has 3 aromatic rings. The molecule has 0 saturated heterocycles. The highest BCUT2D eigenvalue weighted by molar-refractivity contribution is 5.96. The third kappa shape index (κ3) is 11.6. The molecule has 3 aromatic heterocycles. The normalized spacial score (nSPS) is 22.4. The van der Waals surface area contributed by atoms with Crippen molar-refractivity contribution >= 4 is 74.8 Å². The van der Waals surface area contributed by atoms with Gasteiger partial charge in [0.25, 0.3) is 0 Å². The number of methoxy groups -OCH3 is 2. The van der Waals surface area contributed by atoms with Gasteiger partial charge in [0.05, 0.1) is 66.5 Å². The molecule has 5 N–H and O–H groups in total. The molecule has 8 bridgehead atoms. The van der Waals surface area contributed by atoms with Crippen LogP contribution < -0.4 is 10.6 Å². The van der Waals surface area contributed by atoms with E-state index < -0.39 is 46.4 Å². The maximum Gasteiger partial charge on any atom is 0.407 e. The SMILES string of the molecule is C=Cc1c(C)c2cc3nc(cc4[nH]c(cc5nc(cc1[nH]2)C(C)=C5CCC(=O)NC(C)(C)CCOC(C)(C)CNC(=O)OCC1C2CC/C=C\CCC21)c(CCC(=O)OC)c4C)C1(C)C3=CCC(C(=O)O)C1C(=O)OC. The van der Waals surface area contributed by atoms with Gasteiger partial charge in [-0.2, -0.15) is 0 Å². The lowest BCUT2D eigenvalue weighted by Crippen LogP contribution is -2.46. The summed E-state index contributed by atoms with van der Waals surface area (Å²) in [6.07, 6.45) is 13.8. The van der Waals surface area contributed by atoms with Crippen LogP contribution in [0.25, 0.3) is 44.9 Å². The highest BCUT2D eigenvalue weighted by Gasteiger charge is 2.56. The second-order valence-electron chi connectivity index (χ2n) is 22.6. The van der Waals surface area contributed by atoms with Crippen LogP contribution in [-0.4, -0.2) is 100 Å². The molecule has 5 unspecified atom stereocenters. The Morgan fingerprint density at radius 3 is 2.20 bits per heavy atom. The molecule has 16 nitrogen and oxygen atoms in total. The van der Waals surface area contributed by atoms with Gasteiger partial charge in [-0.1, -0.05) is 30.9 Å². The van der Waals surface area contributed by atoms with Gasteiger partial charge in [0.15, 0.2) is 0 Å². The van der Waals surface area contributed by atoms with Crippen molar-refractivity contribution in [3.05, 3.63) is 94.1 Å². The number of carboxylic acid groups (broad SMARTS) is 1. The first-order valence-electron chi connectivity index (χ1n) is 26.8. The number of aliphatic carboxylic acids is 1. The summed E-state index contributed by atoms with van der Waals surface area (Å²) in [6, 6.07) is 7.72. The summed E-state index contributed by atoms with van der Waals surface area (Å²) in [4.78, 5) is 83.5. The fourth-order valence-corrected chi connectivity index (χ4v) is 12.0. The van der Waals surface area contributed by atoms with Crippen molar-refractivity contribution in [2.75, 3.05) is 34.0 Å². The number of aromatic nitrogens is 4. The van der Waals surface area contributed by atoms with E-state index in [0.29, 0.717) is 84.0 Å². The molecule has 8 rings (SSSR count). The Hall–Kier alpha value is -6.81. The lowest BCUT2D eigenvalue weighted by atomic mass is 9.61. The van der Waals surface area contributed by atoms with E-state index in [-0.39, 0.29) is 37.7 Å². The number of amides is 2. The van der Waals surface area contributed by atoms with Crippen LogP contribution in [0.2, 0.25) is 0 Å². The largest absolute Gasteiger partial charge is 0.481 e. The number of nitrogens with one attached hydrogen (secondary N) is 4. The van der Waals surface area contributed by atoms with E-state index in [4.69, 9.17) is 28.9 Å². The van der Waals surface area contributed by atoms with E-state index in [1.807, 2.05) is 85.7 Å². The maximum absolute atomic E-state index is 13.9. The van der Waals surface area contributed by atoms with Gasteiger partial charge in [0, 0.05) is 59.2 Å². The van der Waals surface area contributed by atoms with Crippen molar-refractivity contribution in [3.8, 4) is 0 Å². The average molecular weight is 1040 g/mol. The Labute approximate surface area is 445 Å². The number of allylic oxidation sites excluding steroid dienone is 6. The van der Waals surface area contributed by atoms with E-state index >= 15 is 0 Å². The number of aromatic amines is 2. The van der Waals surface area contributed by atoms with Crippen LogP contribution in [0.1, 0.15) is 144 Å². The lowest BCUT2D eigenvalue weighted by molar-refractivity contribution is -0.158. The summed E-state index contributed by atoms with van der Waals surface area (Å²) in [5.74, 6) is -2.70. The highest BCUT2D eigenvalue weighted by Crippen LogP contribution is 2.55. The summed E-state index contributed by atoms with van der Waals surface area (Å²) in [7, 11) is 2.62. The van der Waals surface area contributed by atoms with Crippen molar-refractivity contribution < 1.29 is 48.0 Å². The minimum atomic E-state index is -1.20. The van der Waals surface area contributed by atoms with E-state index in [9.17, 15) is 29.1 Å². The predicted octanol–water partition coefficient (Wildman–Crippen LogP) is 10.4. The Morgan fingerprint density at radius 1 is 0.855 bits per heavy atom. The van der Waals surface area contributed by atoms with Crippen LogP contribution >= 0.6 is 0 Å². The first-order chi connectivity index (χ1) is 36.1. The molecule has 1 saturated carbocycles. The van der Waals surface area contributed by atoms with Gasteiger partial charge in [0.1, 0.15) is 0 Å². The zero-order valence-corrected chi connectivity index (χ0v) is 45.9. The Bertz CT molecular complexity index is 3070. The first kappa shape index (κ1) is 55.4. The van der Waals surface area contributed by atoms with Crippen LogP contribution in [0.4, 0.5) is 4.79 Å². The third-order valence-electron chi connectivity index (χ3n) is 16.7. The molecule has 5 atom stereocenters. The molecule has 2 aliphatic heterocycles. The number of H-pyrrole nitrogens is 2. The van der Waals surface area contributed by atoms with Gasteiger partial charge in [-0.05, 0) is 182 Å². The number of nitrogens with zero attached hydrogens (tertiary/aromatic N) is 2. The van der Waals surface area contributed by atoms with Gasteiger partial charge in [-0.3, -0.25) is 24.2 Å². The fraction of sp³-hybridized carbons (Fsp3) is 0.517. The van der Waals surface area contributed by atoms with Crippen molar-refractivity contribution in [2.24, 2.45) is 29.6 Å². The summed E-state index contributed by atoms with van der Waals surface area (Å²) in [5, 5.41) is 16.6. The van der Waals surface area contributed by atoms with Crippen molar-refractivity contribution in [1.29, 1.82) is 0 Å². The summed E-state index contributed by atoms with van der Waals surface area (Å²) >= 11 is 0. The molecule has 0 radical (unpaired) electrons. The van der Waals surface area contributed by atoms with E-state index in [0.717, 1.165) is 75.7 Å². The molecular weight excluding hydrogens is 965 g/mol. The lowest BCUT2D eigenvalue weighted by Gasteiger charge is -2.39. The summed E-state index contributed by atoms with van der Waals surface area (Å²) in [5.41, 5.74) is 8.63. The molecule has 1 fully saturated rings. The van der Waals surface area contributed by atoms with Gasteiger partial charge in [0.2, 0.25) is 5.91 Å².